The molecule has 0 aliphatic heterocycles. The molecule has 19 heavy (non-hydrogen) atoms. The zero-order chi connectivity index (χ0) is 12.8. The van der Waals surface area contributed by atoms with Crippen LogP contribution in [0.4, 0.5) is 0 Å². The highest BCUT2D eigenvalue weighted by molar-refractivity contribution is 5.94. The van der Waals surface area contributed by atoms with Crippen molar-refractivity contribution in [3.63, 3.8) is 0 Å². The summed E-state index contributed by atoms with van der Waals surface area (Å²) in [6, 6.07) is 16.2. The lowest BCUT2D eigenvalue weighted by Crippen LogP contribution is -2.36. The highest BCUT2D eigenvalue weighted by Gasteiger charge is 2.76. The Labute approximate surface area is 110 Å². The Morgan fingerprint density at radius 1 is 0.895 bits per heavy atom. The zero-order valence-corrected chi connectivity index (χ0v) is 10.2. The van der Waals surface area contributed by atoms with E-state index in [9.17, 15) is 9.90 Å². The van der Waals surface area contributed by atoms with E-state index in [0.29, 0.717) is 11.8 Å². The Balaban J connectivity index is 1.94. The van der Waals surface area contributed by atoms with Crippen molar-refractivity contribution in [3.05, 3.63) is 70.8 Å². The maximum absolute atomic E-state index is 12.1. The summed E-state index contributed by atoms with van der Waals surface area (Å²) in [7, 11) is 0. The van der Waals surface area contributed by atoms with Crippen LogP contribution in [0.5, 0.6) is 0 Å². The third-order valence-electron chi connectivity index (χ3n) is 5.35. The van der Waals surface area contributed by atoms with E-state index in [1.54, 1.807) is 0 Å². The smallest absolute Gasteiger partial charge is 0.319 e. The fourth-order valence-corrected chi connectivity index (χ4v) is 4.79. The Bertz CT molecular complexity index is 693. The van der Waals surface area contributed by atoms with Gasteiger partial charge in [-0.05, 0) is 40.0 Å². The molecule has 0 bridgehead atoms. The number of rotatable bonds is 1. The number of carboxylic acid groups (broad SMARTS) is 1. The number of aliphatic carboxylic acids is 1. The lowest BCUT2D eigenvalue weighted by Gasteiger charge is -2.25. The van der Waals surface area contributed by atoms with E-state index in [4.69, 9.17) is 0 Å². The number of carbonyl (C=O) groups is 1. The summed E-state index contributed by atoms with van der Waals surface area (Å²) in [6.07, 6.45) is 0. The summed E-state index contributed by atoms with van der Waals surface area (Å²) < 4.78 is 0. The fraction of sp³-hybridized carbons (Fsp3) is 0.235. The van der Waals surface area contributed by atoms with Crippen LogP contribution >= 0.6 is 0 Å². The van der Waals surface area contributed by atoms with Crippen molar-refractivity contribution in [2.75, 3.05) is 0 Å². The first kappa shape index (κ1) is 9.79. The molecule has 1 N–H and O–H groups in total. The van der Waals surface area contributed by atoms with Crippen LogP contribution in [0.3, 0.4) is 0 Å². The molecule has 0 radical (unpaired) electrons. The minimum atomic E-state index is -0.775. The average Bonchev–Trinajstić information content (AvgIpc) is 3.01. The van der Waals surface area contributed by atoms with Crippen LogP contribution in [0.25, 0.3) is 0 Å². The van der Waals surface area contributed by atoms with Crippen LogP contribution in [0, 0.1) is 5.92 Å². The van der Waals surface area contributed by atoms with Gasteiger partial charge in [-0.15, -0.1) is 0 Å². The predicted molar refractivity (Wildman–Crippen MR) is 70.3 cm³/mol. The van der Waals surface area contributed by atoms with E-state index in [2.05, 4.69) is 12.1 Å². The van der Waals surface area contributed by atoms with E-state index in [1.165, 1.54) is 11.1 Å². The van der Waals surface area contributed by atoms with Gasteiger partial charge in [0.1, 0.15) is 5.41 Å². The number of benzene rings is 2. The van der Waals surface area contributed by atoms with Crippen molar-refractivity contribution in [2.24, 2.45) is 5.92 Å². The van der Waals surface area contributed by atoms with Crippen LogP contribution in [-0.4, -0.2) is 11.1 Å². The quantitative estimate of drug-likeness (QED) is 0.842. The van der Waals surface area contributed by atoms with Gasteiger partial charge in [-0.25, -0.2) is 0 Å². The molecule has 0 spiro atoms. The summed E-state index contributed by atoms with van der Waals surface area (Å²) in [5.74, 6) is 0.434. The van der Waals surface area contributed by atoms with Crippen molar-refractivity contribution in [2.45, 2.75) is 17.3 Å². The molecule has 2 nitrogen and oxygen atoms in total. The van der Waals surface area contributed by atoms with Crippen LogP contribution in [0.15, 0.2) is 48.5 Å². The van der Waals surface area contributed by atoms with E-state index >= 15 is 0 Å². The summed E-state index contributed by atoms with van der Waals surface area (Å²) in [6.45, 7) is 0. The van der Waals surface area contributed by atoms with Crippen LogP contribution in [0.1, 0.15) is 34.1 Å². The summed E-state index contributed by atoms with van der Waals surface area (Å²) in [5.41, 5.74) is 3.80. The summed E-state index contributed by atoms with van der Waals surface area (Å²) >= 11 is 0. The molecule has 0 aromatic heterocycles. The molecule has 2 unspecified atom stereocenters. The predicted octanol–water partition coefficient (Wildman–Crippen LogP) is 2.88. The molecule has 2 atom stereocenters. The van der Waals surface area contributed by atoms with Gasteiger partial charge < -0.3 is 5.11 Å². The van der Waals surface area contributed by atoms with Crippen molar-refractivity contribution in [1.82, 2.24) is 0 Å². The van der Waals surface area contributed by atoms with E-state index in [-0.39, 0.29) is 5.92 Å². The molecule has 1 saturated carbocycles. The molecule has 2 heteroatoms. The van der Waals surface area contributed by atoms with Gasteiger partial charge in [-0.1, -0.05) is 48.5 Å². The van der Waals surface area contributed by atoms with Crippen LogP contribution < -0.4 is 0 Å². The second-order valence-electron chi connectivity index (χ2n) is 5.87. The molecule has 0 saturated heterocycles. The topological polar surface area (TPSA) is 37.3 Å². The summed E-state index contributed by atoms with van der Waals surface area (Å²) in [5, 5.41) is 9.98. The van der Waals surface area contributed by atoms with Crippen molar-refractivity contribution < 1.29 is 9.90 Å². The molecule has 3 aliphatic carbocycles. The minimum Gasteiger partial charge on any atom is -0.480 e. The maximum Gasteiger partial charge on any atom is 0.319 e. The first-order valence-corrected chi connectivity index (χ1v) is 6.70. The van der Waals surface area contributed by atoms with E-state index in [0.717, 1.165) is 11.1 Å². The third kappa shape index (κ3) is 0.803. The highest BCUT2D eigenvalue weighted by Crippen LogP contribution is 2.80. The Kier molecular flexibility index (Phi) is 1.41. The normalized spacial score (nSPS) is 35.5. The first-order chi connectivity index (χ1) is 9.28. The molecule has 92 valence electrons. The number of fused-ring (bicyclic) bond motifs is 7. The van der Waals surface area contributed by atoms with Gasteiger partial charge in [0.15, 0.2) is 0 Å². The van der Waals surface area contributed by atoms with E-state index in [1.807, 2.05) is 36.4 Å². The zero-order valence-electron chi connectivity index (χ0n) is 10.2. The van der Waals surface area contributed by atoms with Gasteiger partial charge in [-0.2, -0.15) is 0 Å². The van der Waals surface area contributed by atoms with Crippen molar-refractivity contribution >= 4 is 5.97 Å². The largest absolute Gasteiger partial charge is 0.480 e. The lowest BCUT2D eigenvalue weighted by atomic mass is 9.75. The Hall–Kier alpha value is -2.09. The molecular formula is C17H12O2. The first-order valence-electron chi connectivity index (χ1n) is 6.70. The molecule has 5 rings (SSSR count). The van der Waals surface area contributed by atoms with Gasteiger partial charge in [-0.3, -0.25) is 4.79 Å². The van der Waals surface area contributed by atoms with Crippen LogP contribution in [0.2, 0.25) is 0 Å². The average molecular weight is 248 g/mol. The summed E-state index contributed by atoms with van der Waals surface area (Å²) in [4.78, 5) is 12.1. The minimum absolute atomic E-state index is 0.250. The molecular weight excluding hydrogens is 236 g/mol. The maximum atomic E-state index is 12.1. The highest BCUT2D eigenvalue weighted by atomic mass is 16.4. The standard InChI is InChI=1S/C17H12O2/c18-16(19)17-11-7-3-1-5-9(11)13-14(15(13)17)10-6-2-4-8-12(10)17/h1-8,13-15H,(H,18,19). The molecule has 0 heterocycles. The molecule has 2 aromatic carbocycles. The third-order valence-corrected chi connectivity index (χ3v) is 5.35. The second kappa shape index (κ2) is 2.74. The SMILES string of the molecule is O=C(O)C12c3ccccc3C3C(c4ccccc41)C32. The Morgan fingerprint density at radius 2 is 1.37 bits per heavy atom. The van der Waals surface area contributed by atoms with Crippen LogP contribution in [-0.2, 0) is 10.2 Å². The van der Waals surface area contributed by atoms with E-state index < -0.39 is 11.4 Å². The van der Waals surface area contributed by atoms with Crippen molar-refractivity contribution in [1.29, 1.82) is 0 Å². The van der Waals surface area contributed by atoms with Gasteiger partial charge in [0.05, 0.1) is 0 Å². The van der Waals surface area contributed by atoms with Gasteiger partial charge in [0, 0.05) is 0 Å². The van der Waals surface area contributed by atoms with Crippen molar-refractivity contribution in [3.8, 4) is 0 Å². The van der Waals surface area contributed by atoms with Gasteiger partial charge in [0.25, 0.3) is 0 Å². The number of hydrogen-bond donors (Lipinski definition) is 1. The monoisotopic (exact) mass is 248 g/mol. The fourth-order valence-electron chi connectivity index (χ4n) is 4.79. The van der Waals surface area contributed by atoms with Gasteiger partial charge in [0.2, 0.25) is 0 Å². The molecule has 3 aliphatic rings. The molecule has 2 aromatic rings. The molecule has 0 amide bonds. The number of hydrogen-bond acceptors (Lipinski definition) is 1. The lowest BCUT2D eigenvalue weighted by molar-refractivity contribution is -0.142. The Morgan fingerprint density at radius 3 is 1.84 bits per heavy atom. The molecule has 1 fully saturated rings. The number of carboxylic acids is 1. The van der Waals surface area contributed by atoms with Gasteiger partial charge >= 0.3 is 5.97 Å². The second-order valence-corrected chi connectivity index (χ2v) is 5.87.